The molecule has 0 saturated carbocycles. The summed E-state index contributed by atoms with van der Waals surface area (Å²) in [5.74, 6) is 0. The molecule has 2 aromatic rings. The van der Waals surface area contributed by atoms with Crippen molar-refractivity contribution in [1.29, 1.82) is 0 Å². The molecule has 0 aliphatic rings. The second-order valence-electron chi connectivity index (χ2n) is 4.25. The van der Waals surface area contributed by atoms with Crippen LogP contribution in [0.2, 0.25) is 0 Å². The maximum atomic E-state index is 11.3. The second-order valence-corrected chi connectivity index (χ2v) is 13.7. The molecule has 1 nitrogen and oxygen atoms in total. The van der Waals surface area contributed by atoms with Gasteiger partial charge >= 0.3 is 42.1 Å². The van der Waals surface area contributed by atoms with E-state index in [2.05, 4.69) is 31.6 Å². The van der Waals surface area contributed by atoms with Crippen molar-refractivity contribution in [3.63, 3.8) is 0 Å². The quantitative estimate of drug-likeness (QED) is 0.482. The van der Waals surface area contributed by atoms with Crippen LogP contribution in [0, 0.1) is 13.8 Å². The van der Waals surface area contributed by atoms with Gasteiger partial charge in [0.05, 0.1) is 0 Å². The number of halogens is 3. The van der Waals surface area contributed by atoms with Gasteiger partial charge in [0.15, 0.2) is 0 Å². The van der Waals surface area contributed by atoms with E-state index in [9.17, 15) is 4.79 Å². The fraction of sp³-hybridized carbons (Fsp3) is 0.133. The Bertz CT molecular complexity index is 605. The van der Waals surface area contributed by atoms with Crippen molar-refractivity contribution in [3.8, 4) is 0 Å². The Hall–Kier alpha value is -0.0566. The normalized spacial score (nSPS) is 10.5. The first-order valence-electron chi connectivity index (χ1n) is 5.99. The van der Waals surface area contributed by atoms with Crippen molar-refractivity contribution < 1.29 is 17.8 Å². The van der Waals surface area contributed by atoms with E-state index in [0.717, 1.165) is 10.6 Å². The molecule has 0 heterocycles. The van der Waals surface area contributed by atoms with Gasteiger partial charge in [-0.3, -0.25) is 0 Å². The van der Waals surface area contributed by atoms with Gasteiger partial charge in [-0.2, -0.15) is 0 Å². The minimum absolute atomic E-state index is 1.14. The molecule has 21 heavy (non-hydrogen) atoms. The second kappa shape index (κ2) is 9.86. The molecule has 0 N–H and O–H groups in total. The standard InChI is InChI=1S/C15H15OP.3ClH.Rh/c1-12-7-3-5-9-14(12)17(11-16)15-10-6-4-8-13(15)2;;;;/h3-10,17H,1-2H3;3*1H;/q;;;;+3/p-3. The van der Waals surface area contributed by atoms with E-state index in [1.54, 1.807) is 0 Å². The molecule has 0 amide bonds. The number of aryl methyl sites for hydroxylation is 2. The van der Waals surface area contributed by atoms with E-state index in [1.165, 1.54) is 11.1 Å². The zero-order valence-corrected chi connectivity index (χ0v) is 16.4. The molecule has 0 aliphatic heterocycles. The van der Waals surface area contributed by atoms with Crippen LogP contribution in [0.5, 0.6) is 0 Å². The number of benzene rings is 2. The maximum absolute atomic E-state index is 11.3. The average Bonchev–Trinajstić information content (AvgIpc) is 2.43. The molecule has 0 fully saturated rings. The fourth-order valence-corrected chi connectivity index (χ4v) is 3.95. The Morgan fingerprint density at radius 3 is 1.48 bits per heavy atom. The third kappa shape index (κ3) is 6.29. The van der Waals surface area contributed by atoms with Crippen molar-refractivity contribution in [2.45, 2.75) is 13.8 Å². The monoisotopic (exact) mass is 450 g/mol. The molecule has 0 bridgehead atoms. The van der Waals surface area contributed by atoms with Gasteiger partial charge in [-0.05, 0) is 35.6 Å². The van der Waals surface area contributed by atoms with E-state index in [1.807, 2.05) is 36.4 Å². The Kier molecular flexibility index (Phi) is 8.92. The number of carbonyl (C=O) groups excluding carboxylic acids is 1. The molecule has 6 heteroatoms. The third-order valence-corrected chi connectivity index (χ3v) is 5.33. The van der Waals surface area contributed by atoms with Crippen LogP contribution in [0.3, 0.4) is 0 Å². The first-order valence-corrected chi connectivity index (χ1v) is 13.8. The molecule has 0 aliphatic carbocycles. The molecule has 0 aromatic heterocycles. The van der Waals surface area contributed by atoms with Gasteiger partial charge in [-0.1, -0.05) is 48.5 Å². The van der Waals surface area contributed by atoms with Crippen LogP contribution in [0.1, 0.15) is 11.1 Å². The minimum atomic E-state index is -1.66. The molecule has 2 rings (SSSR count). The Morgan fingerprint density at radius 2 is 1.19 bits per heavy atom. The zero-order valence-electron chi connectivity index (χ0n) is 11.5. The Labute approximate surface area is 143 Å². The van der Waals surface area contributed by atoms with E-state index in [-0.39, 0.29) is 0 Å². The van der Waals surface area contributed by atoms with Gasteiger partial charge in [0.1, 0.15) is 5.66 Å². The third-order valence-electron chi connectivity index (χ3n) is 2.93. The molecule has 0 atom stereocenters. The van der Waals surface area contributed by atoms with Crippen LogP contribution >= 0.6 is 36.6 Å². The van der Waals surface area contributed by atoms with Crippen LogP contribution in [0.25, 0.3) is 0 Å². The molecule has 2 aromatic carbocycles. The van der Waals surface area contributed by atoms with Crippen molar-refractivity contribution >= 4 is 52.9 Å². The summed E-state index contributed by atoms with van der Waals surface area (Å²) in [6, 6.07) is 16.2. The van der Waals surface area contributed by atoms with Crippen LogP contribution in [-0.4, -0.2) is 5.66 Å². The zero-order chi connectivity index (χ0) is 15.8. The molecular formula is C15H15Cl3OPRh. The summed E-state index contributed by atoms with van der Waals surface area (Å²) >= 11 is -1.66. The predicted molar refractivity (Wildman–Crippen MR) is 93.2 cm³/mol. The summed E-state index contributed by atoms with van der Waals surface area (Å²) in [5.41, 5.74) is 4.62. The van der Waals surface area contributed by atoms with E-state index >= 15 is 0 Å². The van der Waals surface area contributed by atoms with Gasteiger partial charge < -0.3 is 0 Å². The summed E-state index contributed by atoms with van der Waals surface area (Å²) in [4.78, 5) is 11.3. The fourth-order valence-electron chi connectivity index (χ4n) is 1.96. The first kappa shape index (κ1) is 19.0. The van der Waals surface area contributed by atoms with Gasteiger partial charge in [0, 0.05) is 7.55 Å². The van der Waals surface area contributed by atoms with Crippen LogP contribution < -0.4 is 10.6 Å². The summed E-state index contributed by atoms with van der Waals surface area (Å²) < 4.78 is 0. The van der Waals surface area contributed by atoms with Gasteiger partial charge in [-0.25, -0.2) is 4.79 Å². The Morgan fingerprint density at radius 1 is 0.857 bits per heavy atom. The van der Waals surface area contributed by atoms with Gasteiger partial charge in [0.25, 0.3) is 0 Å². The number of hydrogen-bond donors (Lipinski definition) is 0. The van der Waals surface area contributed by atoms with Crippen molar-refractivity contribution in [2.24, 2.45) is 0 Å². The number of rotatable bonds is 2. The predicted octanol–water partition coefficient (Wildman–Crippen LogP) is 4.60. The Balaban J connectivity index is 0.000000491. The molecule has 0 saturated heterocycles. The van der Waals surface area contributed by atoms with Gasteiger partial charge in [-0.15, -0.1) is 0 Å². The van der Waals surface area contributed by atoms with E-state index < -0.39 is 20.5 Å². The van der Waals surface area contributed by atoms with E-state index in [0.29, 0.717) is 0 Å². The summed E-state index contributed by atoms with van der Waals surface area (Å²) in [6.45, 7) is 4.10. The van der Waals surface area contributed by atoms with Crippen molar-refractivity contribution in [1.82, 2.24) is 0 Å². The number of hydrogen-bond acceptors (Lipinski definition) is 1. The molecule has 0 radical (unpaired) electrons. The van der Waals surface area contributed by atoms with Crippen LogP contribution in [0.4, 0.5) is 0 Å². The first-order chi connectivity index (χ1) is 9.97. The molecular weight excluding hydrogens is 436 g/mol. The SMILES string of the molecule is Cc1ccccc1[PH](=C=O)c1ccccc1C.[Cl][Rh]([Cl])[Cl]. The van der Waals surface area contributed by atoms with Crippen molar-refractivity contribution in [2.75, 3.05) is 0 Å². The van der Waals surface area contributed by atoms with Gasteiger partial charge in [0.2, 0.25) is 0 Å². The summed E-state index contributed by atoms with van der Waals surface area (Å²) in [6.07, 6.45) is 0. The average molecular weight is 452 g/mol. The molecule has 0 unspecified atom stereocenters. The summed E-state index contributed by atoms with van der Waals surface area (Å²) in [7, 11) is 13.4. The van der Waals surface area contributed by atoms with Crippen LogP contribution in [-0.2, 0) is 17.8 Å². The van der Waals surface area contributed by atoms with Crippen molar-refractivity contribution in [3.05, 3.63) is 59.7 Å². The summed E-state index contributed by atoms with van der Waals surface area (Å²) in [5, 5.41) is 2.28. The van der Waals surface area contributed by atoms with E-state index in [4.69, 9.17) is 29.1 Å². The molecule has 0 spiro atoms. The molecule has 116 valence electrons. The van der Waals surface area contributed by atoms with Crippen LogP contribution in [0.15, 0.2) is 48.5 Å². The topological polar surface area (TPSA) is 17.1 Å².